The first kappa shape index (κ1) is 20.3. The van der Waals surface area contributed by atoms with Crippen molar-refractivity contribution >= 4 is 33.8 Å². The highest BCUT2D eigenvalue weighted by atomic mass is 16.5. The van der Waals surface area contributed by atoms with E-state index in [1.54, 1.807) is 7.11 Å². The largest absolute Gasteiger partial charge is 0.497 e. The fraction of sp³-hybridized carbons (Fsp3) is 0.259. The van der Waals surface area contributed by atoms with Gasteiger partial charge < -0.3 is 9.64 Å². The number of likely N-dealkylation sites (tertiary alicyclic amines) is 1. The number of amides is 2. The molecule has 0 aromatic heterocycles. The Bertz CT molecular complexity index is 1220. The Morgan fingerprint density at radius 2 is 1.66 bits per heavy atom. The van der Waals surface area contributed by atoms with Gasteiger partial charge in [0.1, 0.15) is 11.4 Å². The maximum absolute atomic E-state index is 13.9. The molecule has 0 aliphatic carbocycles. The van der Waals surface area contributed by atoms with Crippen LogP contribution < -0.4 is 9.64 Å². The van der Waals surface area contributed by atoms with Gasteiger partial charge in [0, 0.05) is 18.5 Å². The van der Waals surface area contributed by atoms with Crippen molar-refractivity contribution in [3.8, 4) is 5.75 Å². The molecule has 32 heavy (non-hydrogen) atoms. The van der Waals surface area contributed by atoms with Crippen LogP contribution in [0.4, 0.5) is 5.69 Å². The molecule has 5 heteroatoms. The molecule has 1 unspecified atom stereocenters. The summed E-state index contributed by atoms with van der Waals surface area (Å²) in [6.07, 6.45) is 2.15. The van der Waals surface area contributed by atoms with Crippen molar-refractivity contribution < 1.29 is 14.3 Å². The molecule has 5 rings (SSSR count). The van der Waals surface area contributed by atoms with Crippen molar-refractivity contribution in [2.75, 3.05) is 25.1 Å². The van der Waals surface area contributed by atoms with Gasteiger partial charge in [0.05, 0.1) is 18.4 Å². The topological polar surface area (TPSA) is 49.9 Å². The standard InChI is InChI=1S/C27H26N2O3/c1-18-7-6-16-28(17-18)25-24(20-12-14-21(32-2)15-13-20)26(30)29(27(25)31)23-11-5-9-19-8-3-4-10-22(19)23/h3-5,8-15,18H,6-7,16-17H2,1-2H3. The highest BCUT2D eigenvalue weighted by Crippen LogP contribution is 2.39. The second kappa shape index (κ2) is 8.15. The van der Waals surface area contributed by atoms with Crippen LogP contribution in [0.15, 0.2) is 72.4 Å². The monoisotopic (exact) mass is 426 g/mol. The van der Waals surface area contributed by atoms with Gasteiger partial charge in [-0.25, -0.2) is 4.90 Å². The third kappa shape index (κ3) is 3.34. The number of nitrogens with zero attached hydrogens (tertiary/aromatic N) is 2. The second-order valence-corrected chi connectivity index (χ2v) is 8.59. The van der Waals surface area contributed by atoms with E-state index >= 15 is 0 Å². The number of imide groups is 1. The van der Waals surface area contributed by atoms with Crippen LogP contribution in [-0.2, 0) is 9.59 Å². The van der Waals surface area contributed by atoms with Gasteiger partial charge in [0.2, 0.25) is 0 Å². The first-order valence-electron chi connectivity index (χ1n) is 11.1. The minimum Gasteiger partial charge on any atom is -0.497 e. The van der Waals surface area contributed by atoms with Crippen LogP contribution in [0.25, 0.3) is 16.3 Å². The maximum Gasteiger partial charge on any atom is 0.282 e. The van der Waals surface area contributed by atoms with E-state index in [1.807, 2.05) is 66.7 Å². The third-order valence-corrected chi connectivity index (χ3v) is 6.42. The Morgan fingerprint density at radius 1 is 0.906 bits per heavy atom. The number of benzene rings is 3. The molecule has 2 amide bonds. The summed E-state index contributed by atoms with van der Waals surface area (Å²) < 4.78 is 5.29. The summed E-state index contributed by atoms with van der Waals surface area (Å²) >= 11 is 0. The summed E-state index contributed by atoms with van der Waals surface area (Å²) in [6, 6.07) is 21.0. The van der Waals surface area contributed by atoms with Crippen LogP contribution in [0.5, 0.6) is 5.75 Å². The molecule has 162 valence electrons. The molecule has 0 radical (unpaired) electrons. The molecule has 5 nitrogen and oxygen atoms in total. The van der Waals surface area contributed by atoms with Gasteiger partial charge in [-0.1, -0.05) is 55.5 Å². The lowest BCUT2D eigenvalue weighted by atomic mass is 9.97. The van der Waals surface area contributed by atoms with Gasteiger partial charge in [-0.05, 0) is 47.9 Å². The van der Waals surface area contributed by atoms with E-state index in [0.717, 1.165) is 42.3 Å². The molecule has 0 N–H and O–H groups in total. The lowest BCUT2D eigenvalue weighted by Gasteiger charge is -2.33. The van der Waals surface area contributed by atoms with E-state index in [4.69, 9.17) is 4.74 Å². The number of hydrogen-bond acceptors (Lipinski definition) is 4. The molecule has 2 aliphatic rings. The Hall–Kier alpha value is -3.60. The van der Waals surface area contributed by atoms with Gasteiger partial charge >= 0.3 is 0 Å². The van der Waals surface area contributed by atoms with E-state index in [1.165, 1.54) is 4.90 Å². The summed E-state index contributed by atoms with van der Waals surface area (Å²) in [7, 11) is 1.61. The first-order chi connectivity index (χ1) is 15.6. The van der Waals surface area contributed by atoms with Crippen LogP contribution in [0.3, 0.4) is 0 Å². The fourth-order valence-corrected chi connectivity index (χ4v) is 4.84. The predicted octanol–water partition coefficient (Wildman–Crippen LogP) is 4.86. The van der Waals surface area contributed by atoms with Gasteiger partial charge in [0.25, 0.3) is 11.8 Å². The molecule has 2 heterocycles. The molecule has 2 aliphatic heterocycles. The Balaban J connectivity index is 1.66. The van der Waals surface area contributed by atoms with Crippen LogP contribution in [0.2, 0.25) is 0 Å². The summed E-state index contributed by atoms with van der Waals surface area (Å²) in [5, 5.41) is 1.88. The van der Waals surface area contributed by atoms with Crippen LogP contribution in [0, 0.1) is 5.92 Å². The number of carbonyl (C=O) groups is 2. The summed E-state index contributed by atoms with van der Waals surface area (Å²) in [5.74, 6) is 0.670. The van der Waals surface area contributed by atoms with E-state index in [0.29, 0.717) is 28.6 Å². The van der Waals surface area contributed by atoms with E-state index in [-0.39, 0.29) is 11.8 Å². The highest BCUT2D eigenvalue weighted by molar-refractivity contribution is 6.46. The molecule has 0 saturated carbocycles. The zero-order chi connectivity index (χ0) is 22.2. The van der Waals surface area contributed by atoms with E-state index in [9.17, 15) is 9.59 Å². The van der Waals surface area contributed by atoms with Crippen LogP contribution >= 0.6 is 0 Å². The van der Waals surface area contributed by atoms with E-state index < -0.39 is 0 Å². The normalized spacial score (nSPS) is 19.2. The van der Waals surface area contributed by atoms with Crippen molar-refractivity contribution in [3.05, 3.63) is 78.0 Å². The predicted molar refractivity (Wildman–Crippen MR) is 126 cm³/mol. The van der Waals surface area contributed by atoms with Crippen molar-refractivity contribution in [1.82, 2.24) is 4.90 Å². The molecule has 3 aromatic carbocycles. The quantitative estimate of drug-likeness (QED) is 0.559. The average Bonchev–Trinajstić information content (AvgIpc) is 3.08. The number of ether oxygens (including phenoxy) is 1. The average molecular weight is 427 g/mol. The summed E-state index contributed by atoms with van der Waals surface area (Å²) in [6.45, 7) is 3.75. The van der Waals surface area contributed by atoms with Crippen molar-refractivity contribution in [3.63, 3.8) is 0 Å². The number of anilines is 1. The number of carbonyl (C=O) groups excluding carboxylic acids is 2. The van der Waals surface area contributed by atoms with Gasteiger partial charge in [0.15, 0.2) is 0 Å². The molecule has 1 fully saturated rings. The van der Waals surface area contributed by atoms with Crippen LogP contribution in [-0.4, -0.2) is 36.9 Å². The van der Waals surface area contributed by atoms with Gasteiger partial charge in [-0.2, -0.15) is 0 Å². The smallest absolute Gasteiger partial charge is 0.282 e. The van der Waals surface area contributed by atoms with Crippen molar-refractivity contribution in [1.29, 1.82) is 0 Å². The highest BCUT2D eigenvalue weighted by Gasteiger charge is 2.43. The Kier molecular flexibility index (Phi) is 5.17. The molecular weight excluding hydrogens is 400 g/mol. The lowest BCUT2D eigenvalue weighted by molar-refractivity contribution is -0.120. The maximum atomic E-state index is 13.9. The zero-order valence-corrected chi connectivity index (χ0v) is 18.4. The molecule has 0 bridgehead atoms. The first-order valence-corrected chi connectivity index (χ1v) is 11.1. The molecule has 1 atom stereocenters. The fourth-order valence-electron chi connectivity index (χ4n) is 4.84. The zero-order valence-electron chi connectivity index (χ0n) is 18.4. The summed E-state index contributed by atoms with van der Waals surface area (Å²) in [5.41, 5.74) is 2.35. The number of rotatable bonds is 4. The van der Waals surface area contributed by atoms with Gasteiger partial charge in [-0.15, -0.1) is 0 Å². The van der Waals surface area contributed by atoms with Crippen molar-refractivity contribution in [2.45, 2.75) is 19.8 Å². The Labute approximate surface area is 187 Å². The van der Waals surface area contributed by atoms with Gasteiger partial charge in [-0.3, -0.25) is 9.59 Å². The SMILES string of the molecule is COc1ccc(C2=C(N3CCCC(C)C3)C(=O)N(c3cccc4ccccc34)C2=O)cc1. The summed E-state index contributed by atoms with van der Waals surface area (Å²) in [4.78, 5) is 31.2. The lowest BCUT2D eigenvalue weighted by Crippen LogP contribution is -2.39. The molecule has 0 spiro atoms. The number of piperidine rings is 1. The minimum absolute atomic E-state index is 0.244. The number of hydrogen-bond donors (Lipinski definition) is 0. The molecule has 1 saturated heterocycles. The molecular formula is C27H26N2O3. The number of fused-ring (bicyclic) bond motifs is 1. The number of methoxy groups -OCH3 is 1. The van der Waals surface area contributed by atoms with Crippen molar-refractivity contribution in [2.24, 2.45) is 5.92 Å². The van der Waals surface area contributed by atoms with E-state index in [2.05, 4.69) is 11.8 Å². The Morgan fingerprint density at radius 3 is 2.41 bits per heavy atom. The molecule has 3 aromatic rings. The second-order valence-electron chi connectivity index (χ2n) is 8.59. The van der Waals surface area contributed by atoms with Crippen LogP contribution in [0.1, 0.15) is 25.3 Å². The third-order valence-electron chi connectivity index (χ3n) is 6.42. The minimum atomic E-state index is -0.273.